The van der Waals surface area contributed by atoms with Gasteiger partial charge in [0.05, 0.1) is 5.69 Å². The first kappa shape index (κ1) is 14.6. The van der Waals surface area contributed by atoms with Crippen molar-refractivity contribution in [2.24, 2.45) is 13.0 Å². The predicted octanol–water partition coefficient (Wildman–Crippen LogP) is 2.20. The number of aryl methyl sites for hydroxylation is 2. The number of carbonyl (C=O) groups excluding carboxylic acids is 1. The summed E-state index contributed by atoms with van der Waals surface area (Å²) in [5.41, 5.74) is 0.751. The number of aromatic nitrogens is 3. The molecule has 0 bridgehead atoms. The van der Waals surface area contributed by atoms with Gasteiger partial charge in [0.15, 0.2) is 0 Å². The maximum Gasteiger partial charge on any atom is 0.324 e. The van der Waals surface area contributed by atoms with Crippen LogP contribution < -0.4 is 5.32 Å². The Hall–Kier alpha value is -2.31. The van der Waals surface area contributed by atoms with Crippen molar-refractivity contribution in [3.63, 3.8) is 0 Å². The molecule has 1 unspecified atom stereocenters. The molecule has 0 radical (unpaired) electrons. The Balaban J connectivity index is 1.58. The maximum absolute atomic E-state index is 12.3. The summed E-state index contributed by atoms with van der Waals surface area (Å²) in [6, 6.07) is 1.59. The second kappa shape index (κ2) is 6.21. The highest BCUT2D eigenvalue weighted by Gasteiger charge is 2.25. The van der Waals surface area contributed by atoms with Crippen LogP contribution in [0.5, 0.6) is 0 Å². The van der Waals surface area contributed by atoms with Gasteiger partial charge in [0.2, 0.25) is 5.88 Å². The molecule has 7 nitrogen and oxygen atoms in total. The molecule has 0 spiro atoms. The molecule has 2 aromatic rings. The quantitative estimate of drug-likeness (QED) is 0.943. The van der Waals surface area contributed by atoms with E-state index >= 15 is 0 Å². The Kier molecular flexibility index (Phi) is 4.13. The van der Waals surface area contributed by atoms with Crippen molar-refractivity contribution < 1.29 is 9.32 Å². The van der Waals surface area contributed by atoms with Gasteiger partial charge < -0.3 is 14.0 Å². The number of nitrogens with zero attached hydrogens (tertiary/aromatic N) is 4. The summed E-state index contributed by atoms with van der Waals surface area (Å²) < 4.78 is 7.07. The molecular weight excluding hydrogens is 282 g/mol. The molecule has 118 valence electrons. The average Bonchev–Trinajstić information content (AvgIpc) is 3.08. The number of rotatable bonds is 3. The van der Waals surface area contributed by atoms with Crippen LogP contribution in [0, 0.1) is 12.8 Å². The van der Waals surface area contributed by atoms with Crippen molar-refractivity contribution in [1.82, 2.24) is 19.6 Å². The number of piperidine rings is 1. The zero-order chi connectivity index (χ0) is 15.5. The van der Waals surface area contributed by atoms with Crippen LogP contribution in [-0.2, 0) is 13.5 Å². The number of amides is 2. The Bertz CT molecular complexity index is 648. The zero-order valence-electron chi connectivity index (χ0n) is 13.0. The molecule has 1 N–H and O–H groups in total. The molecule has 1 saturated heterocycles. The van der Waals surface area contributed by atoms with Gasteiger partial charge in [-0.15, -0.1) is 0 Å². The van der Waals surface area contributed by atoms with E-state index in [-0.39, 0.29) is 6.03 Å². The third-order valence-corrected chi connectivity index (χ3v) is 4.06. The largest absolute Gasteiger partial charge is 0.338 e. The fourth-order valence-corrected chi connectivity index (χ4v) is 2.87. The van der Waals surface area contributed by atoms with Crippen LogP contribution in [0.15, 0.2) is 23.0 Å². The van der Waals surface area contributed by atoms with Gasteiger partial charge in [-0.25, -0.2) is 9.78 Å². The van der Waals surface area contributed by atoms with Gasteiger partial charge in [0.25, 0.3) is 0 Å². The zero-order valence-corrected chi connectivity index (χ0v) is 13.0. The standard InChI is InChI=1S/C15H21N5O2/c1-11-8-14(22-18-11)17-15(21)20-6-3-4-12(10-20)9-13-16-5-7-19(13)2/h5,7-8,12H,3-4,6,9-10H2,1-2H3,(H,17,21). The van der Waals surface area contributed by atoms with Gasteiger partial charge in [0, 0.05) is 45.0 Å². The Labute approximate surface area is 129 Å². The first-order chi connectivity index (χ1) is 10.6. The minimum Gasteiger partial charge on any atom is -0.338 e. The predicted molar refractivity (Wildman–Crippen MR) is 81.5 cm³/mol. The molecule has 1 fully saturated rings. The lowest BCUT2D eigenvalue weighted by Crippen LogP contribution is -2.42. The normalized spacial score (nSPS) is 18.5. The van der Waals surface area contributed by atoms with Crippen LogP contribution in [0.4, 0.5) is 10.7 Å². The first-order valence-electron chi connectivity index (χ1n) is 7.57. The molecule has 1 atom stereocenters. The van der Waals surface area contributed by atoms with E-state index in [9.17, 15) is 4.79 Å². The minimum absolute atomic E-state index is 0.124. The lowest BCUT2D eigenvalue weighted by Gasteiger charge is -2.32. The van der Waals surface area contributed by atoms with E-state index in [2.05, 4.69) is 15.5 Å². The van der Waals surface area contributed by atoms with Gasteiger partial charge >= 0.3 is 6.03 Å². The van der Waals surface area contributed by atoms with E-state index in [1.54, 1.807) is 6.07 Å². The van der Waals surface area contributed by atoms with Crippen LogP contribution in [0.3, 0.4) is 0 Å². The molecule has 2 aromatic heterocycles. The number of nitrogens with one attached hydrogen (secondary N) is 1. The average molecular weight is 303 g/mol. The highest BCUT2D eigenvalue weighted by molar-refractivity contribution is 5.87. The Morgan fingerprint density at radius 1 is 1.55 bits per heavy atom. The molecule has 1 aliphatic heterocycles. The maximum atomic E-state index is 12.3. The van der Waals surface area contributed by atoms with Crippen LogP contribution in [0.1, 0.15) is 24.4 Å². The molecule has 22 heavy (non-hydrogen) atoms. The second-order valence-electron chi connectivity index (χ2n) is 5.88. The Morgan fingerprint density at radius 3 is 3.09 bits per heavy atom. The van der Waals surface area contributed by atoms with E-state index in [0.717, 1.165) is 43.9 Å². The SMILES string of the molecule is Cc1cc(NC(=O)N2CCCC(Cc3nccn3C)C2)on1. The summed E-state index contributed by atoms with van der Waals surface area (Å²) in [4.78, 5) is 18.5. The van der Waals surface area contributed by atoms with Gasteiger partial charge in [-0.1, -0.05) is 5.16 Å². The first-order valence-corrected chi connectivity index (χ1v) is 7.57. The van der Waals surface area contributed by atoms with Crippen LogP contribution in [0.2, 0.25) is 0 Å². The topological polar surface area (TPSA) is 76.2 Å². The van der Waals surface area contributed by atoms with E-state index in [1.165, 1.54) is 0 Å². The van der Waals surface area contributed by atoms with Crippen molar-refractivity contribution in [1.29, 1.82) is 0 Å². The monoisotopic (exact) mass is 303 g/mol. The second-order valence-corrected chi connectivity index (χ2v) is 5.88. The number of anilines is 1. The number of likely N-dealkylation sites (tertiary alicyclic amines) is 1. The van der Waals surface area contributed by atoms with E-state index in [1.807, 2.05) is 35.8 Å². The molecule has 0 saturated carbocycles. The summed E-state index contributed by atoms with van der Waals surface area (Å²) in [5, 5.41) is 6.53. The van der Waals surface area contributed by atoms with Gasteiger partial charge in [-0.2, -0.15) is 0 Å². The summed E-state index contributed by atoms with van der Waals surface area (Å²) in [6.07, 6.45) is 6.80. The number of urea groups is 1. The van der Waals surface area contributed by atoms with E-state index < -0.39 is 0 Å². The fourth-order valence-electron chi connectivity index (χ4n) is 2.87. The molecule has 0 aromatic carbocycles. The summed E-state index contributed by atoms with van der Waals surface area (Å²) in [7, 11) is 2.00. The van der Waals surface area contributed by atoms with Gasteiger partial charge in [0.1, 0.15) is 5.82 Å². The van der Waals surface area contributed by atoms with E-state index in [4.69, 9.17) is 4.52 Å². The highest BCUT2D eigenvalue weighted by atomic mass is 16.5. The Morgan fingerprint density at radius 2 is 2.41 bits per heavy atom. The molecule has 3 heterocycles. The number of hydrogen-bond acceptors (Lipinski definition) is 4. The van der Waals surface area contributed by atoms with Gasteiger partial charge in [-0.05, 0) is 25.7 Å². The third-order valence-electron chi connectivity index (χ3n) is 4.06. The van der Waals surface area contributed by atoms with Crippen molar-refractivity contribution >= 4 is 11.9 Å². The minimum atomic E-state index is -0.124. The van der Waals surface area contributed by atoms with Crippen molar-refractivity contribution in [2.45, 2.75) is 26.2 Å². The summed E-state index contributed by atoms with van der Waals surface area (Å²) in [6.45, 7) is 3.34. The van der Waals surface area contributed by atoms with Crippen LogP contribution in [0.25, 0.3) is 0 Å². The van der Waals surface area contributed by atoms with Crippen LogP contribution >= 0.6 is 0 Å². The fraction of sp³-hybridized carbons (Fsp3) is 0.533. The molecule has 1 aliphatic rings. The lowest BCUT2D eigenvalue weighted by molar-refractivity contribution is 0.175. The number of imidazole rings is 1. The van der Waals surface area contributed by atoms with Crippen molar-refractivity contribution in [3.05, 3.63) is 30.0 Å². The summed E-state index contributed by atoms with van der Waals surface area (Å²) in [5.74, 6) is 1.91. The lowest BCUT2D eigenvalue weighted by atomic mass is 9.94. The number of carbonyl (C=O) groups is 1. The number of hydrogen-bond donors (Lipinski definition) is 1. The van der Waals surface area contributed by atoms with Crippen molar-refractivity contribution in [2.75, 3.05) is 18.4 Å². The van der Waals surface area contributed by atoms with Crippen molar-refractivity contribution in [3.8, 4) is 0 Å². The third kappa shape index (κ3) is 3.29. The van der Waals surface area contributed by atoms with Crippen LogP contribution in [-0.4, -0.2) is 38.7 Å². The summed E-state index contributed by atoms with van der Waals surface area (Å²) >= 11 is 0. The molecular formula is C15H21N5O2. The molecule has 3 rings (SSSR count). The molecule has 7 heteroatoms. The highest BCUT2D eigenvalue weighted by Crippen LogP contribution is 2.21. The van der Waals surface area contributed by atoms with Gasteiger partial charge in [-0.3, -0.25) is 5.32 Å². The molecule has 0 aliphatic carbocycles. The molecule has 2 amide bonds. The smallest absolute Gasteiger partial charge is 0.324 e. The van der Waals surface area contributed by atoms with E-state index in [0.29, 0.717) is 11.8 Å².